The number of benzene rings is 2. The molecule has 3 aromatic rings. The summed E-state index contributed by atoms with van der Waals surface area (Å²) in [7, 11) is 1.34. The van der Waals surface area contributed by atoms with Gasteiger partial charge in [0.25, 0.3) is 0 Å². The van der Waals surface area contributed by atoms with Crippen molar-refractivity contribution < 1.29 is 23.4 Å². The molecular weight excluding hydrogens is 456 g/mol. The largest absolute Gasteiger partial charge is 0.463 e. The summed E-state index contributed by atoms with van der Waals surface area (Å²) in [6, 6.07) is 17.4. The zero-order chi connectivity index (χ0) is 20.2. The van der Waals surface area contributed by atoms with Crippen molar-refractivity contribution in [3.63, 3.8) is 0 Å². The number of hydrogen-bond acceptors (Lipinski definition) is 6. The molecule has 0 N–H and O–H groups in total. The number of furan rings is 1. The third kappa shape index (κ3) is 4.69. The number of halogens is 1. The minimum absolute atomic E-state index is 0.217. The molecule has 1 aromatic heterocycles. The minimum atomic E-state index is -0.470. The van der Waals surface area contributed by atoms with E-state index in [9.17, 15) is 4.79 Å². The first-order chi connectivity index (χ1) is 14.1. The normalized spacial score (nSPS) is 15.4. The van der Waals surface area contributed by atoms with Gasteiger partial charge >= 0.3 is 5.97 Å². The van der Waals surface area contributed by atoms with Crippen LogP contribution in [0, 0.1) is 0 Å². The van der Waals surface area contributed by atoms with Gasteiger partial charge in [-0.15, -0.1) is 11.8 Å². The standard InChI is InChI=1S/C22H19BrO5S/c1-25-21(24)19-8-7-18(27-19)13-29-12-16-10-17(23)9-15-11-26-22(28-20(15)16)14-5-3-2-4-6-14/h2-10,22H,11-13H2,1H3/t22-/m0/s1. The fourth-order valence-electron chi connectivity index (χ4n) is 3.09. The molecule has 0 saturated heterocycles. The van der Waals surface area contributed by atoms with Gasteiger partial charge in [-0.05, 0) is 24.3 Å². The fraction of sp³-hybridized carbons (Fsp3) is 0.227. The maximum atomic E-state index is 11.5. The van der Waals surface area contributed by atoms with Crippen molar-refractivity contribution in [3.8, 4) is 5.75 Å². The van der Waals surface area contributed by atoms with E-state index in [4.69, 9.17) is 13.9 Å². The third-order valence-electron chi connectivity index (χ3n) is 4.44. The fourth-order valence-corrected chi connectivity index (χ4v) is 4.53. The predicted molar refractivity (Wildman–Crippen MR) is 114 cm³/mol. The maximum absolute atomic E-state index is 11.5. The van der Waals surface area contributed by atoms with Gasteiger partial charge in [-0.1, -0.05) is 46.3 Å². The number of hydrogen-bond donors (Lipinski definition) is 0. The Labute approximate surface area is 181 Å². The summed E-state index contributed by atoms with van der Waals surface area (Å²) in [5.74, 6) is 2.71. The van der Waals surface area contributed by atoms with Gasteiger partial charge in [0.05, 0.1) is 19.5 Å². The molecule has 29 heavy (non-hydrogen) atoms. The minimum Gasteiger partial charge on any atom is -0.463 e. The topological polar surface area (TPSA) is 57.9 Å². The molecule has 5 nitrogen and oxygen atoms in total. The van der Waals surface area contributed by atoms with Crippen LogP contribution in [0.3, 0.4) is 0 Å². The van der Waals surface area contributed by atoms with Crippen molar-refractivity contribution >= 4 is 33.7 Å². The van der Waals surface area contributed by atoms with Gasteiger partial charge in [-0.2, -0.15) is 0 Å². The molecule has 4 rings (SSSR count). The predicted octanol–water partition coefficient (Wildman–Crippen LogP) is 5.87. The third-order valence-corrected chi connectivity index (χ3v) is 5.91. The zero-order valence-corrected chi connectivity index (χ0v) is 18.1. The van der Waals surface area contributed by atoms with Crippen LogP contribution in [0.2, 0.25) is 0 Å². The van der Waals surface area contributed by atoms with Crippen molar-refractivity contribution in [3.05, 3.63) is 87.3 Å². The molecule has 0 radical (unpaired) electrons. The van der Waals surface area contributed by atoms with Gasteiger partial charge in [-0.3, -0.25) is 0 Å². The molecular formula is C22H19BrO5S. The Bertz CT molecular complexity index is 1000. The van der Waals surface area contributed by atoms with Crippen molar-refractivity contribution in [1.82, 2.24) is 0 Å². The highest BCUT2D eigenvalue weighted by atomic mass is 79.9. The number of thioether (sulfide) groups is 1. The Kier molecular flexibility index (Phi) is 6.28. The Balaban J connectivity index is 1.46. The zero-order valence-electron chi connectivity index (χ0n) is 15.7. The second-order valence-corrected chi connectivity index (χ2v) is 8.38. The number of fused-ring (bicyclic) bond motifs is 1. The molecule has 150 valence electrons. The SMILES string of the molecule is COC(=O)c1ccc(CSCc2cc(Br)cc3c2O[C@@H](c2ccccc2)OC3)o1. The van der Waals surface area contributed by atoms with E-state index in [1.807, 2.05) is 36.4 Å². The molecule has 1 aliphatic heterocycles. The second kappa shape index (κ2) is 9.07. The van der Waals surface area contributed by atoms with E-state index in [-0.39, 0.29) is 5.76 Å². The van der Waals surface area contributed by atoms with Crippen molar-refractivity contribution in [2.45, 2.75) is 24.4 Å². The van der Waals surface area contributed by atoms with Crippen molar-refractivity contribution in [2.75, 3.05) is 7.11 Å². The highest BCUT2D eigenvalue weighted by Gasteiger charge is 2.24. The van der Waals surface area contributed by atoms with Gasteiger partial charge in [-0.25, -0.2) is 4.79 Å². The van der Waals surface area contributed by atoms with Crippen LogP contribution in [0.5, 0.6) is 5.75 Å². The molecule has 0 spiro atoms. The number of rotatable bonds is 6. The first-order valence-corrected chi connectivity index (χ1v) is 11.0. The summed E-state index contributed by atoms with van der Waals surface area (Å²) in [6.07, 6.45) is -0.415. The Morgan fingerprint density at radius 2 is 2.00 bits per heavy atom. The van der Waals surface area contributed by atoms with Crippen LogP contribution < -0.4 is 4.74 Å². The van der Waals surface area contributed by atoms with Gasteiger partial charge < -0.3 is 18.6 Å². The second-order valence-electron chi connectivity index (χ2n) is 6.47. The molecule has 2 heterocycles. The monoisotopic (exact) mass is 474 g/mol. The average molecular weight is 475 g/mol. The Morgan fingerprint density at radius 3 is 2.79 bits per heavy atom. The number of esters is 1. The lowest BCUT2D eigenvalue weighted by Crippen LogP contribution is -2.19. The Hall–Kier alpha value is -2.22. The summed E-state index contributed by atoms with van der Waals surface area (Å²) in [4.78, 5) is 11.5. The van der Waals surface area contributed by atoms with Crippen LogP contribution in [-0.2, 0) is 27.6 Å². The van der Waals surface area contributed by atoms with Gasteiger partial charge in [0.1, 0.15) is 11.5 Å². The molecule has 7 heteroatoms. The van der Waals surface area contributed by atoms with Gasteiger partial charge in [0.2, 0.25) is 12.1 Å². The van der Waals surface area contributed by atoms with E-state index in [1.165, 1.54) is 7.11 Å². The van der Waals surface area contributed by atoms with E-state index in [2.05, 4.69) is 26.7 Å². The number of carbonyl (C=O) groups excluding carboxylic acids is 1. The molecule has 0 amide bonds. The highest BCUT2D eigenvalue weighted by Crippen LogP contribution is 2.39. The van der Waals surface area contributed by atoms with E-state index < -0.39 is 12.3 Å². The summed E-state index contributed by atoms with van der Waals surface area (Å²) in [5, 5.41) is 0. The van der Waals surface area contributed by atoms with E-state index >= 15 is 0 Å². The van der Waals surface area contributed by atoms with Crippen LogP contribution in [0.15, 0.2) is 63.5 Å². The smallest absolute Gasteiger partial charge is 0.373 e. The molecule has 1 aliphatic rings. The van der Waals surface area contributed by atoms with E-state index in [1.54, 1.807) is 23.9 Å². The molecule has 0 unspecified atom stereocenters. The van der Waals surface area contributed by atoms with Gasteiger partial charge in [0.15, 0.2) is 0 Å². The number of ether oxygens (including phenoxy) is 3. The summed E-state index contributed by atoms with van der Waals surface area (Å²) < 4.78 is 23.3. The quantitative estimate of drug-likeness (QED) is 0.416. The lowest BCUT2D eigenvalue weighted by atomic mass is 10.1. The van der Waals surface area contributed by atoms with E-state index in [0.29, 0.717) is 12.4 Å². The number of methoxy groups -OCH3 is 1. The summed E-state index contributed by atoms with van der Waals surface area (Å²) in [5.41, 5.74) is 3.10. The van der Waals surface area contributed by atoms with Crippen LogP contribution in [0.4, 0.5) is 0 Å². The van der Waals surface area contributed by atoms with Crippen LogP contribution in [-0.4, -0.2) is 13.1 Å². The molecule has 0 aliphatic carbocycles. The van der Waals surface area contributed by atoms with E-state index in [0.717, 1.165) is 38.4 Å². The highest BCUT2D eigenvalue weighted by molar-refractivity contribution is 9.10. The molecule has 2 aromatic carbocycles. The van der Waals surface area contributed by atoms with Crippen LogP contribution in [0.25, 0.3) is 0 Å². The maximum Gasteiger partial charge on any atom is 0.373 e. The van der Waals surface area contributed by atoms with Crippen molar-refractivity contribution in [1.29, 1.82) is 0 Å². The Morgan fingerprint density at radius 1 is 1.17 bits per heavy atom. The van der Waals surface area contributed by atoms with Crippen molar-refractivity contribution in [2.24, 2.45) is 0 Å². The molecule has 0 bridgehead atoms. The first-order valence-electron chi connectivity index (χ1n) is 9.03. The molecule has 0 saturated carbocycles. The lowest BCUT2D eigenvalue weighted by Gasteiger charge is -2.28. The van der Waals surface area contributed by atoms with Crippen LogP contribution >= 0.6 is 27.7 Å². The summed E-state index contributed by atoms with van der Waals surface area (Å²) in [6.45, 7) is 0.493. The lowest BCUT2D eigenvalue weighted by molar-refractivity contribution is -0.111. The molecule has 1 atom stereocenters. The van der Waals surface area contributed by atoms with Crippen LogP contribution in [0.1, 0.15) is 39.3 Å². The average Bonchev–Trinajstić information content (AvgIpc) is 3.22. The first kappa shape index (κ1) is 20.1. The number of carbonyl (C=O) groups is 1. The summed E-state index contributed by atoms with van der Waals surface area (Å²) >= 11 is 5.26. The molecule has 0 fully saturated rings. The van der Waals surface area contributed by atoms with Gasteiger partial charge in [0, 0.05) is 26.9 Å².